The number of ether oxygens (including phenoxy) is 1. The largest absolute Gasteiger partial charge is 0.457 e. The van der Waals surface area contributed by atoms with Crippen molar-refractivity contribution in [3.05, 3.63) is 71.8 Å². The molecule has 0 radical (unpaired) electrons. The van der Waals surface area contributed by atoms with Gasteiger partial charge < -0.3 is 15.4 Å². The fourth-order valence-corrected chi connectivity index (χ4v) is 3.15. The number of carbonyl (C=O) groups is 4. The molecule has 31 heavy (non-hydrogen) atoms. The highest BCUT2D eigenvalue weighted by Crippen LogP contribution is 2.22. The van der Waals surface area contributed by atoms with Gasteiger partial charge in [-0.05, 0) is 34.5 Å². The lowest BCUT2D eigenvalue weighted by Crippen LogP contribution is -2.18. The third-order valence-electron chi connectivity index (χ3n) is 4.48. The van der Waals surface area contributed by atoms with Crippen LogP contribution in [-0.2, 0) is 25.5 Å². The summed E-state index contributed by atoms with van der Waals surface area (Å²) < 4.78 is 5.16. The van der Waals surface area contributed by atoms with E-state index >= 15 is 0 Å². The molecule has 0 heterocycles. The van der Waals surface area contributed by atoms with Gasteiger partial charge in [0, 0.05) is 25.1 Å². The third-order valence-corrected chi connectivity index (χ3v) is 4.48. The fourth-order valence-electron chi connectivity index (χ4n) is 3.15. The van der Waals surface area contributed by atoms with E-state index in [1.807, 2.05) is 42.5 Å². The second-order valence-corrected chi connectivity index (χ2v) is 7.06. The van der Waals surface area contributed by atoms with Gasteiger partial charge in [-0.2, -0.15) is 0 Å². The van der Waals surface area contributed by atoms with Gasteiger partial charge in [-0.1, -0.05) is 42.5 Å². The van der Waals surface area contributed by atoms with Crippen LogP contribution in [0.3, 0.4) is 0 Å². The molecule has 0 aliphatic rings. The number of hydrogen-bond donors (Lipinski definition) is 2. The molecule has 0 atom stereocenters. The molecule has 158 valence electrons. The number of ketones is 1. The normalized spacial score (nSPS) is 10.4. The van der Waals surface area contributed by atoms with E-state index in [2.05, 4.69) is 10.6 Å². The summed E-state index contributed by atoms with van der Waals surface area (Å²) in [5.41, 5.74) is 1.63. The van der Waals surface area contributed by atoms with Crippen molar-refractivity contribution in [2.24, 2.45) is 0 Å². The van der Waals surface area contributed by atoms with Crippen molar-refractivity contribution in [3.63, 3.8) is 0 Å². The van der Waals surface area contributed by atoms with Crippen LogP contribution in [0.4, 0.5) is 11.4 Å². The Bertz CT molecular complexity index is 1170. The van der Waals surface area contributed by atoms with Gasteiger partial charge in [-0.25, -0.2) is 0 Å². The molecule has 0 aromatic heterocycles. The second-order valence-electron chi connectivity index (χ2n) is 7.06. The molecule has 7 heteroatoms. The molecular weight excluding hydrogens is 396 g/mol. The smallest absolute Gasteiger partial charge is 0.310 e. The van der Waals surface area contributed by atoms with Gasteiger partial charge in [0.1, 0.15) is 0 Å². The molecule has 0 fully saturated rings. The van der Waals surface area contributed by atoms with E-state index in [9.17, 15) is 19.2 Å². The molecule has 3 rings (SSSR count). The predicted molar refractivity (Wildman–Crippen MR) is 118 cm³/mol. The second kappa shape index (κ2) is 9.67. The zero-order chi connectivity index (χ0) is 22.4. The Balaban J connectivity index is 1.66. The van der Waals surface area contributed by atoms with Crippen LogP contribution in [0, 0.1) is 0 Å². The number of anilines is 2. The van der Waals surface area contributed by atoms with Crippen LogP contribution in [-0.4, -0.2) is 30.2 Å². The first-order valence-electron chi connectivity index (χ1n) is 9.67. The maximum Gasteiger partial charge on any atom is 0.310 e. The van der Waals surface area contributed by atoms with E-state index in [1.54, 1.807) is 0 Å². The number of amides is 2. The standard InChI is InChI=1S/C24H22N2O5/c1-15(27)25-20-9-10-21(22(13-20)26-16(2)28)23(29)14-31-24(30)12-17-7-8-18-5-3-4-6-19(18)11-17/h3-11,13H,12,14H2,1-2H3,(H,25,27)(H,26,28). The maximum atomic E-state index is 12.6. The lowest BCUT2D eigenvalue weighted by Gasteiger charge is -2.12. The Labute approximate surface area is 179 Å². The molecule has 0 aliphatic carbocycles. The van der Waals surface area contributed by atoms with Crippen molar-refractivity contribution < 1.29 is 23.9 Å². The monoisotopic (exact) mass is 418 g/mol. The van der Waals surface area contributed by atoms with E-state index in [4.69, 9.17) is 4.74 Å². The van der Waals surface area contributed by atoms with Gasteiger partial charge in [0.05, 0.1) is 12.1 Å². The molecule has 2 amide bonds. The van der Waals surface area contributed by atoms with Crippen LogP contribution in [0.15, 0.2) is 60.7 Å². The summed E-state index contributed by atoms with van der Waals surface area (Å²) in [6.07, 6.45) is 0.0398. The van der Waals surface area contributed by atoms with Gasteiger partial charge in [0.25, 0.3) is 0 Å². The molecule has 2 N–H and O–H groups in total. The highest BCUT2D eigenvalue weighted by Gasteiger charge is 2.16. The van der Waals surface area contributed by atoms with E-state index in [-0.39, 0.29) is 29.5 Å². The molecule has 3 aromatic carbocycles. The van der Waals surface area contributed by atoms with Crippen LogP contribution >= 0.6 is 0 Å². The maximum absolute atomic E-state index is 12.6. The van der Waals surface area contributed by atoms with E-state index in [0.717, 1.165) is 16.3 Å². The molecular formula is C24H22N2O5. The third kappa shape index (κ3) is 5.99. The summed E-state index contributed by atoms with van der Waals surface area (Å²) in [5, 5.41) is 7.24. The molecule has 0 saturated heterocycles. The average Bonchev–Trinajstić information content (AvgIpc) is 2.71. The van der Waals surface area contributed by atoms with Gasteiger partial charge >= 0.3 is 5.97 Å². The highest BCUT2D eigenvalue weighted by atomic mass is 16.5. The topological polar surface area (TPSA) is 102 Å². The van der Waals surface area contributed by atoms with E-state index in [1.165, 1.54) is 32.0 Å². The number of rotatable bonds is 7. The Morgan fingerprint density at radius 2 is 1.52 bits per heavy atom. The van der Waals surface area contributed by atoms with Crippen molar-refractivity contribution in [1.29, 1.82) is 0 Å². The molecule has 0 unspecified atom stereocenters. The Morgan fingerprint density at radius 1 is 0.806 bits per heavy atom. The highest BCUT2D eigenvalue weighted by molar-refractivity contribution is 6.06. The van der Waals surface area contributed by atoms with Crippen LogP contribution < -0.4 is 10.6 Å². The quantitative estimate of drug-likeness (QED) is 0.450. The molecule has 7 nitrogen and oxygen atoms in total. The minimum atomic E-state index is -0.528. The van der Waals surface area contributed by atoms with Gasteiger partial charge in [-0.3, -0.25) is 19.2 Å². The molecule has 0 saturated carbocycles. The summed E-state index contributed by atoms with van der Waals surface area (Å²) in [5.74, 6) is -1.65. The Kier molecular flexibility index (Phi) is 6.77. The van der Waals surface area contributed by atoms with E-state index < -0.39 is 18.4 Å². The SMILES string of the molecule is CC(=O)Nc1ccc(C(=O)COC(=O)Cc2ccc3ccccc3c2)c(NC(C)=O)c1. The van der Waals surface area contributed by atoms with Gasteiger partial charge in [-0.15, -0.1) is 0 Å². The van der Waals surface area contributed by atoms with Crippen molar-refractivity contribution in [2.45, 2.75) is 20.3 Å². The van der Waals surface area contributed by atoms with Crippen LogP contribution in [0.2, 0.25) is 0 Å². The van der Waals surface area contributed by atoms with Crippen LogP contribution in [0.5, 0.6) is 0 Å². The molecule has 0 spiro atoms. The minimum absolute atomic E-state index is 0.0398. The summed E-state index contributed by atoms with van der Waals surface area (Å²) in [6, 6.07) is 18.0. The fraction of sp³-hybridized carbons (Fsp3) is 0.167. The summed E-state index contributed by atoms with van der Waals surface area (Å²) in [7, 11) is 0. The Morgan fingerprint density at radius 3 is 2.23 bits per heavy atom. The predicted octanol–water partition coefficient (Wildman–Crippen LogP) is 3.73. The zero-order valence-electron chi connectivity index (χ0n) is 17.2. The van der Waals surface area contributed by atoms with Gasteiger partial charge in [0.2, 0.25) is 17.6 Å². The van der Waals surface area contributed by atoms with Crippen LogP contribution in [0.25, 0.3) is 10.8 Å². The molecule has 3 aromatic rings. The number of hydrogen-bond acceptors (Lipinski definition) is 5. The Hall–Kier alpha value is -4.00. The zero-order valence-corrected chi connectivity index (χ0v) is 17.2. The van der Waals surface area contributed by atoms with Crippen LogP contribution in [0.1, 0.15) is 29.8 Å². The van der Waals surface area contributed by atoms with Crippen molar-refractivity contribution in [3.8, 4) is 0 Å². The number of nitrogens with one attached hydrogen (secondary N) is 2. The van der Waals surface area contributed by atoms with Crippen molar-refractivity contribution in [2.75, 3.05) is 17.2 Å². The summed E-state index contributed by atoms with van der Waals surface area (Å²) >= 11 is 0. The number of fused-ring (bicyclic) bond motifs is 1. The first-order chi connectivity index (χ1) is 14.8. The average molecular weight is 418 g/mol. The summed E-state index contributed by atoms with van der Waals surface area (Å²) in [6.45, 7) is 2.20. The first kappa shape index (κ1) is 21.7. The lowest BCUT2D eigenvalue weighted by atomic mass is 10.1. The minimum Gasteiger partial charge on any atom is -0.457 e. The van der Waals surface area contributed by atoms with Crippen molar-refractivity contribution in [1.82, 2.24) is 0 Å². The number of benzene rings is 3. The molecule has 0 aliphatic heterocycles. The number of carbonyl (C=O) groups excluding carboxylic acids is 4. The van der Waals surface area contributed by atoms with Crippen molar-refractivity contribution >= 4 is 45.7 Å². The number of Topliss-reactive ketones (excluding diaryl/α,β-unsaturated/α-hetero) is 1. The summed E-state index contributed by atoms with van der Waals surface area (Å²) in [4.78, 5) is 47.6. The van der Waals surface area contributed by atoms with Gasteiger partial charge in [0.15, 0.2) is 6.61 Å². The van der Waals surface area contributed by atoms with E-state index in [0.29, 0.717) is 5.69 Å². The molecule has 0 bridgehead atoms. The first-order valence-corrected chi connectivity index (χ1v) is 9.67. The lowest BCUT2D eigenvalue weighted by molar-refractivity contribution is -0.141. The number of esters is 1.